The van der Waals surface area contributed by atoms with Crippen molar-refractivity contribution >= 4 is 0 Å². The molecule has 0 radical (unpaired) electrons. The van der Waals surface area contributed by atoms with Crippen molar-refractivity contribution in [3.63, 3.8) is 0 Å². The summed E-state index contributed by atoms with van der Waals surface area (Å²) >= 11 is 0. The van der Waals surface area contributed by atoms with Crippen LogP contribution in [0.5, 0.6) is 0 Å². The molecule has 2 saturated heterocycles. The van der Waals surface area contributed by atoms with Crippen molar-refractivity contribution in [1.29, 1.82) is 0 Å². The molecular weight excluding hydrogens is 258 g/mol. The average molecular weight is 289 g/mol. The number of hydrogen-bond acceptors (Lipinski definition) is 2. The second kappa shape index (κ2) is 6.12. The maximum Gasteiger partial charge on any atom is 0.103 e. The van der Waals surface area contributed by atoms with Crippen LogP contribution in [0.2, 0.25) is 0 Å². The molecule has 1 N–H and O–H groups in total. The molecule has 0 aromatic carbocycles. The van der Waals surface area contributed by atoms with Crippen molar-refractivity contribution in [2.75, 3.05) is 7.05 Å². The van der Waals surface area contributed by atoms with Gasteiger partial charge in [-0.3, -0.25) is 0 Å². The number of hydrogen-bond donors (Lipinski definition) is 1. The summed E-state index contributed by atoms with van der Waals surface area (Å²) in [7, 11) is 2.34. The Balaban J connectivity index is 1.49. The maximum atomic E-state index is 4.33. The molecule has 2 bridgehead atoms. The number of aryl methyl sites for hydroxylation is 1. The van der Waals surface area contributed by atoms with Crippen LogP contribution < -0.4 is 0 Å². The number of H-pyrrole nitrogens is 1. The lowest BCUT2D eigenvalue weighted by molar-refractivity contribution is 0.103. The van der Waals surface area contributed by atoms with Crippen molar-refractivity contribution < 1.29 is 0 Å². The Labute approximate surface area is 129 Å². The fourth-order valence-electron chi connectivity index (χ4n) is 4.51. The second-order valence-corrected chi connectivity index (χ2v) is 7.66. The van der Waals surface area contributed by atoms with Gasteiger partial charge in [0.15, 0.2) is 0 Å². The molecule has 0 amide bonds. The number of aromatic nitrogens is 2. The second-order valence-electron chi connectivity index (χ2n) is 7.66. The number of piperidine rings is 1. The van der Waals surface area contributed by atoms with Crippen LogP contribution in [0.4, 0.5) is 0 Å². The molecule has 3 rings (SSSR count). The highest BCUT2D eigenvalue weighted by Gasteiger charge is 2.39. The van der Waals surface area contributed by atoms with Gasteiger partial charge in [-0.2, -0.15) is 0 Å². The molecule has 0 saturated carbocycles. The summed E-state index contributed by atoms with van der Waals surface area (Å²) in [5, 5.41) is 0. The van der Waals surface area contributed by atoms with Crippen molar-refractivity contribution in [1.82, 2.24) is 14.9 Å². The molecule has 3 nitrogen and oxygen atoms in total. The van der Waals surface area contributed by atoms with Crippen molar-refractivity contribution in [3.8, 4) is 0 Å². The fourth-order valence-corrected chi connectivity index (χ4v) is 4.51. The van der Waals surface area contributed by atoms with Crippen LogP contribution in [-0.4, -0.2) is 34.0 Å². The molecule has 2 aliphatic heterocycles. The summed E-state index contributed by atoms with van der Waals surface area (Å²) in [6.45, 7) is 6.85. The van der Waals surface area contributed by atoms with Gasteiger partial charge in [0, 0.05) is 24.0 Å². The summed E-state index contributed by atoms with van der Waals surface area (Å²) in [6, 6.07) is 1.76. The minimum atomic E-state index is 0.608. The summed E-state index contributed by atoms with van der Waals surface area (Å²) in [5.74, 6) is 3.47. The lowest BCUT2D eigenvalue weighted by Crippen LogP contribution is -2.41. The highest BCUT2D eigenvalue weighted by Crippen LogP contribution is 2.41. The summed E-state index contributed by atoms with van der Waals surface area (Å²) < 4.78 is 0. The molecule has 0 spiro atoms. The van der Waals surface area contributed by atoms with E-state index in [1.807, 2.05) is 13.1 Å². The van der Waals surface area contributed by atoms with E-state index in [-0.39, 0.29) is 0 Å². The number of imidazole rings is 1. The molecule has 3 unspecified atom stereocenters. The first-order valence-electron chi connectivity index (χ1n) is 8.78. The van der Waals surface area contributed by atoms with Gasteiger partial charge in [-0.25, -0.2) is 4.98 Å². The first-order chi connectivity index (χ1) is 10.0. The summed E-state index contributed by atoms with van der Waals surface area (Å²) in [4.78, 5) is 10.4. The van der Waals surface area contributed by atoms with Crippen LogP contribution in [-0.2, 0) is 0 Å². The molecule has 1 aromatic heterocycles. The molecule has 118 valence electrons. The fraction of sp³-hybridized carbons (Fsp3) is 0.833. The normalized spacial score (nSPS) is 32.3. The van der Waals surface area contributed by atoms with E-state index in [1.54, 1.807) is 0 Å². The Bertz CT molecular complexity index is 453. The van der Waals surface area contributed by atoms with E-state index in [0.29, 0.717) is 5.92 Å². The van der Waals surface area contributed by atoms with Crippen LogP contribution in [0.15, 0.2) is 6.20 Å². The number of nitrogens with zero attached hydrogens (tertiary/aromatic N) is 2. The SMILES string of the molecule is Cc1ncc(C(C)CC[C@@H](C)C2CC3CCC(C2)N3C)[nH]1. The molecular formula is C18H31N3. The number of rotatable bonds is 5. The van der Waals surface area contributed by atoms with Crippen molar-refractivity contribution in [2.45, 2.75) is 77.3 Å². The minimum Gasteiger partial charge on any atom is -0.346 e. The van der Waals surface area contributed by atoms with E-state index in [9.17, 15) is 0 Å². The van der Waals surface area contributed by atoms with E-state index in [2.05, 4.69) is 35.8 Å². The topological polar surface area (TPSA) is 31.9 Å². The lowest BCUT2D eigenvalue weighted by atomic mass is 9.79. The predicted molar refractivity (Wildman–Crippen MR) is 87.4 cm³/mol. The van der Waals surface area contributed by atoms with E-state index in [0.717, 1.165) is 29.7 Å². The number of aromatic amines is 1. The van der Waals surface area contributed by atoms with Gasteiger partial charge in [0.2, 0.25) is 0 Å². The predicted octanol–water partition coefficient (Wildman–Crippen LogP) is 4.11. The monoisotopic (exact) mass is 289 g/mol. The van der Waals surface area contributed by atoms with Crippen LogP contribution >= 0.6 is 0 Å². The Hall–Kier alpha value is -0.830. The van der Waals surface area contributed by atoms with Gasteiger partial charge in [0.25, 0.3) is 0 Å². The zero-order valence-electron chi connectivity index (χ0n) is 14.1. The van der Waals surface area contributed by atoms with Crippen molar-refractivity contribution in [3.05, 3.63) is 17.7 Å². The van der Waals surface area contributed by atoms with Crippen LogP contribution in [0.25, 0.3) is 0 Å². The lowest BCUT2D eigenvalue weighted by Gasteiger charge is -2.39. The zero-order valence-corrected chi connectivity index (χ0v) is 14.1. The Kier molecular flexibility index (Phi) is 4.39. The molecule has 1 aromatic rings. The van der Waals surface area contributed by atoms with Gasteiger partial charge in [-0.1, -0.05) is 13.8 Å². The number of fused-ring (bicyclic) bond motifs is 2. The first kappa shape index (κ1) is 15.1. The molecule has 4 atom stereocenters. The quantitative estimate of drug-likeness (QED) is 0.884. The van der Waals surface area contributed by atoms with Crippen LogP contribution in [0.1, 0.15) is 69.8 Å². The van der Waals surface area contributed by atoms with Crippen LogP contribution in [0.3, 0.4) is 0 Å². The third-order valence-electron chi connectivity index (χ3n) is 6.25. The summed E-state index contributed by atoms with van der Waals surface area (Å²) in [6.07, 6.45) is 10.4. The van der Waals surface area contributed by atoms with Gasteiger partial charge >= 0.3 is 0 Å². The third-order valence-corrected chi connectivity index (χ3v) is 6.25. The Morgan fingerprint density at radius 1 is 1.24 bits per heavy atom. The molecule has 21 heavy (non-hydrogen) atoms. The zero-order chi connectivity index (χ0) is 15.0. The number of nitrogens with one attached hydrogen (secondary N) is 1. The van der Waals surface area contributed by atoms with Gasteiger partial charge in [-0.05, 0) is 70.3 Å². The Morgan fingerprint density at radius 2 is 1.90 bits per heavy atom. The van der Waals surface area contributed by atoms with Gasteiger partial charge < -0.3 is 9.88 Å². The Morgan fingerprint density at radius 3 is 2.48 bits per heavy atom. The van der Waals surface area contributed by atoms with Crippen molar-refractivity contribution in [2.24, 2.45) is 11.8 Å². The van der Waals surface area contributed by atoms with Gasteiger partial charge in [0.1, 0.15) is 5.82 Å². The average Bonchev–Trinajstić information content (AvgIpc) is 2.96. The third kappa shape index (κ3) is 3.18. The molecule has 2 fully saturated rings. The highest BCUT2D eigenvalue weighted by molar-refractivity contribution is 5.05. The minimum absolute atomic E-state index is 0.608. The standard InChI is InChI=1S/C18H31N3/c1-12(5-6-13(2)18-11-19-14(3)20-18)15-9-16-7-8-17(10-15)21(16)4/h11-13,15-17H,5-10H2,1-4H3,(H,19,20)/t12-,13?,15?,16?,17?/m1/s1. The van der Waals surface area contributed by atoms with Gasteiger partial charge in [-0.15, -0.1) is 0 Å². The smallest absolute Gasteiger partial charge is 0.103 e. The summed E-state index contributed by atoms with van der Waals surface area (Å²) in [5.41, 5.74) is 1.31. The van der Waals surface area contributed by atoms with Crippen LogP contribution in [0, 0.1) is 18.8 Å². The first-order valence-corrected chi connectivity index (χ1v) is 8.78. The van der Waals surface area contributed by atoms with E-state index in [1.165, 1.54) is 44.2 Å². The van der Waals surface area contributed by atoms with E-state index in [4.69, 9.17) is 0 Å². The maximum absolute atomic E-state index is 4.33. The van der Waals surface area contributed by atoms with E-state index < -0.39 is 0 Å². The molecule has 3 heterocycles. The highest BCUT2D eigenvalue weighted by atomic mass is 15.2. The van der Waals surface area contributed by atoms with Gasteiger partial charge in [0.05, 0.1) is 0 Å². The molecule has 3 heteroatoms. The van der Waals surface area contributed by atoms with E-state index >= 15 is 0 Å². The molecule has 0 aliphatic carbocycles. The largest absolute Gasteiger partial charge is 0.346 e. The molecule has 2 aliphatic rings.